The quantitative estimate of drug-likeness (QED) is 0.430. The Morgan fingerprint density at radius 2 is 1.62 bits per heavy atom. The predicted octanol–water partition coefficient (Wildman–Crippen LogP) is 5.75. The topological polar surface area (TPSA) is 33.2 Å². The molecule has 3 nitrogen and oxygen atoms in total. The summed E-state index contributed by atoms with van der Waals surface area (Å²) in [6.45, 7) is 1.35. The Hall–Kier alpha value is -3.17. The van der Waals surface area contributed by atoms with Crippen LogP contribution in [-0.4, -0.2) is 22.3 Å². The van der Waals surface area contributed by atoms with Crippen LogP contribution in [0.4, 0.5) is 0 Å². The number of nitrogens with zero attached hydrogens (tertiary/aromatic N) is 2. The number of carbonyl (C=O) groups excluding carboxylic acids is 1. The summed E-state index contributed by atoms with van der Waals surface area (Å²) < 4.78 is 0. The fraction of sp³-hybridized carbons (Fsp3) is 0.120. The Kier molecular flexibility index (Phi) is 4.53. The summed E-state index contributed by atoms with van der Waals surface area (Å²) in [4.78, 5) is 20.3. The molecule has 1 aromatic heterocycles. The van der Waals surface area contributed by atoms with Gasteiger partial charge in [-0.25, -0.2) is 4.98 Å². The molecule has 4 heteroatoms. The van der Waals surface area contributed by atoms with Crippen molar-refractivity contribution in [1.29, 1.82) is 0 Å². The van der Waals surface area contributed by atoms with Gasteiger partial charge >= 0.3 is 0 Å². The van der Waals surface area contributed by atoms with Gasteiger partial charge in [-0.3, -0.25) is 4.79 Å². The van der Waals surface area contributed by atoms with Gasteiger partial charge in [-0.15, -0.1) is 0 Å². The molecule has 1 aliphatic heterocycles. The van der Waals surface area contributed by atoms with E-state index in [9.17, 15) is 4.79 Å². The molecular weight excluding hydrogens is 380 g/mol. The van der Waals surface area contributed by atoms with E-state index in [-0.39, 0.29) is 5.91 Å². The van der Waals surface area contributed by atoms with Gasteiger partial charge in [0.05, 0.1) is 16.8 Å². The second-order valence-electron chi connectivity index (χ2n) is 7.30. The first-order valence-electron chi connectivity index (χ1n) is 9.71. The Labute approximate surface area is 174 Å². The first-order valence-corrected chi connectivity index (χ1v) is 10.1. The van der Waals surface area contributed by atoms with Crippen molar-refractivity contribution in [1.82, 2.24) is 9.88 Å². The molecule has 0 saturated heterocycles. The lowest BCUT2D eigenvalue weighted by atomic mass is 9.98. The summed E-state index contributed by atoms with van der Waals surface area (Å²) in [6, 6.07) is 25.6. The van der Waals surface area contributed by atoms with E-state index in [4.69, 9.17) is 16.6 Å². The molecule has 29 heavy (non-hydrogen) atoms. The van der Waals surface area contributed by atoms with Crippen LogP contribution >= 0.6 is 11.6 Å². The molecule has 4 aromatic rings. The van der Waals surface area contributed by atoms with Crippen LogP contribution in [0.25, 0.3) is 22.2 Å². The number of rotatable bonds is 2. The minimum atomic E-state index is 0.0337. The van der Waals surface area contributed by atoms with Gasteiger partial charge in [0, 0.05) is 29.1 Å². The predicted molar refractivity (Wildman–Crippen MR) is 117 cm³/mol. The number of para-hydroxylation sites is 1. The number of hydrogen-bond acceptors (Lipinski definition) is 2. The first-order chi connectivity index (χ1) is 14.2. The van der Waals surface area contributed by atoms with Crippen molar-refractivity contribution in [2.75, 3.05) is 6.54 Å². The minimum Gasteiger partial charge on any atom is -0.334 e. The van der Waals surface area contributed by atoms with Crippen LogP contribution in [0, 0.1) is 0 Å². The van der Waals surface area contributed by atoms with Crippen LogP contribution in [0.15, 0.2) is 78.9 Å². The molecule has 2 heterocycles. The zero-order valence-corrected chi connectivity index (χ0v) is 16.6. The standard InChI is InChI=1S/C25H19ClN2O/c26-22-11-5-3-10-20(22)24-15-21(19-9-4-6-12-23(19)27-24)25(29)28-14-13-17-7-1-2-8-18(17)16-28/h1-12,15H,13-14,16H2. The van der Waals surface area contributed by atoms with Gasteiger partial charge in [-0.1, -0.05) is 72.3 Å². The summed E-state index contributed by atoms with van der Waals surface area (Å²) >= 11 is 6.41. The number of halogens is 1. The summed E-state index contributed by atoms with van der Waals surface area (Å²) in [6.07, 6.45) is 0.877. The van der Waals surface area contributed by atoms with Crippen molar-refractivity contribution < 1.29 is 4.79 Å². The van der Waals surface area contributed by atoms with Crippen LogP contribution in [0.1, 0.15) is 21.5 Å². The van der Waals surface area contributed by atoms with Crippen molar-refractivity contribution in [3.8, 4) is 11.3 Å². The fourth-order valence-corrected chi connectivity index (χ4v) is 4.23. The smallest absolute Gasteiger partial charge is 0.254 e. The highest BCUT2D eigenvalue weighted by molar-refractivity contribution is 6.33. The van der Waals surface area contributed by atoms with E-state index in [0.717, 1.165) is 28.6 Å². The average Bonchev–Trinajstić information content (AvgIpc) is 2.78. The normalized spacial score (nSPS) is 13.3. The molecule has 0 fully saturated rings. The Morgan fingerprint density at radius 3 is 2.48 bits per heavy atom. The summed E-state index contributed by atoms with van der Waals surface area (Å²) in [5, 5.41) is 1.49. The molecule has 0 N–H and O–H groups in total. The lowest BCUT2D eigenvalue weighted by Gasteiger charge is -2.29. The van der Waals surface area contributed by atoms with E-state index in [2.05, 4.69) is 18.2 Å². The van der Waals surface area contributed by atoms with Gasteiger partial charge in [0.25, 0.3) is 5.91 Å². The maximum Gasteiger partial charge on any atom is 0.254 e. The average molecular weight is 399 g/mol. The largest absolute Gasteiger partial charge is 0.334 e. The van der Waals surface area contributed by atoms with Crippen molar-refractivity contribution in [2.45, 2.75) is 13.0 Å². The Bertz CT molecular complexity index is 1230. The maximum absolute atomic E-state index is 13.6. The molecule has 0 radical (unpaired) electrons. The lowest BCUT2D eigenvalue weighted by molar-refractivity contribution is 0.0736. The molecule has 1 amide bonds. The van der Waals surface area contributed by atoms with E-state index < -0.39 is 0 Å². The van der Waals surface area contributed by atoms with Gasteiger partial charge in [0.1, 0.15) is 0 Å². The summed E-state index contributed by atoms with van der Waals surface area (Å²) in [5.41, 5.74) is 5.56. The van der Waals surface area contributed by atoms with Gasteiger partial charge in [0.2, 0.25) is 0 Å². The molecule has 3 aromatic carbocycles. The molecule has 1 aliphatic rings. The van der Waals surface area contributed by atoms with Gasteiger partial charge in [0.15, 0.2) is 0 Å². The highest BCUT2D eigenvalue weighted by Gasteiger charge is 2.24. The van der Waals surface area contributed by atoms with Crippen molar-refractivity contribution >= 4 is 28.4 Å². The van der Waals surface area contributed by atoms with Gasteiger partial charge in [-0.05, 0) is 35.7 Å². The fourth-order valence-electron chi connectivity index (χ4n) is 4.00. The molecule has 0 atom stereocenters. The molecule has 0 saturated carbocycles. The number of aromatic nitrogens is 1. The van der Waals surface area contributed by atoms with Crippen LogP contribution in [0.3, 0.4) is 0 Å². The van der Waals surface area contributed by atoms with E-state index in [1.807, 2.05) is 65.6 Å². The number of pyridine rings is 1. The number of benzene rings is 3. The number of carbonyl (C=O) groups is 1. The second-order valence-corrected chi connectivity index (χ2v) is 7.70. The minimum absolute atomic E-state index is 0.0337. The number of fused-ring (bicyclic) bond motifs is 2. The number of hydrogen-bond donors (Lipinski definition) is 0. The van der Waals surface area contributed by atoms with E-state index >= 15 is 0 Å². The van der Waals surface area contributed by atoms with E-state index in [1.54, 1.807) is 0 Å². The van der Waals surface area contributed by atoms with Crippen molar-refractivity contribution in [3.05, 3.63) is 101 Å². The van der Waals surface area contributed by atoms with E-state index in [0.29, 0.717) is 23.7 Å². The monoisotopic (exact) mass is 398 g/mol. The molecule has 0 spiro atoms. The third-order valence-corrected chi connectivity index (χ3v) is 5.84. The van der Waals surface area contributed by atoms with Gasteiger partial charge < -0.3 is 4.90 Å². The Balaban J connectivity index is 1.61. The third kappa shape index (κ3) is 3.28. The van der Waals surface area contributed by atoms with Crippen molar-refractivity contribution in [3.63, 3.8) is 0 Å². The third-order valence-electron chi connectivity index (χ3n) is 5.51. The van der Waals surface area contributed by atoms with Crippen LogP contribution in [0.5, 0.6) is 0 Å². The molecule has 0 bridgehead atoms. The van der Waals surface area contributed by atoms with Crippen LogP contribution in [0.2, 0.25) is 5.02 Å². The summed E-state index contributed by atoms with van der Waals surface area (Å²) in [7, 11) is 0. The highest BCUT2D eigenvalue weighted by Crippen LogP contribution is 2.31. The van der Waals surface area contributed by atoms with Crippen LogP contribution in [-0.2, 0) is 13.0 Å². The van der Waals surface area contributed by atoms with Crippen LogP contribution < -0.4 is 0 Å². The molecule has 0 unspecified atom stereocenters. The Morgan fingerprint density at radius 1 is 0.897 bits per heavy atom. The second kappa shape index (κ2) is 7.34. The molecular formula is C25H19ClN2O. The molecule has 5 rings (SSSR count). The van der Waals surface area contributed by atoms with Crippen molar-refractivity contribution in [2.24, 2.45) is 0 Å². The zero-order chi connectivity index (χ0) is 19.8. The van der Waals surface area contributed by atoms with E-state index in [1.165, 1.54) is 11.1 Å². The zero-order valence-electron chi connectivity index (χ0n) is 15.8. The lowest BCUT2D eigenvalue weighted by Crippen LogP contribution is -2.36. The highest BCUT2D eigenvalue weighted by atomic mass is 35.5. The summed E-state index contributed by atoms with van der Waals surface area (Å²) in [5.74, 6) is 0.0337. The first kappa shape index (κ1) is 17.9. The molecule has 0 aliphatic carbocycles. The molecule has 142 valence electrons. The number of amides is 1. The van der Waals surface area contributed by atoms with Gasteiger partial charge in [-0.2, -0.15) is 0 Å². The SMILES string of the molecule is O=C(c1cc(-c2ccccc2Cl)nc2ccccc12)N1CCc2ccccc2C1. The maximum atomic E-state index is 13.6.